The van der Waals surface area contributed by atoms with Gasteiger partial charge in [-0.2, -0.15) is 0 Å². The smallest absolute Gasteiger partial charge is 0.255 e. The molecule has 0 bridgehead atoms. The van der Waals surface area contributed by atoms with Gasteiger partial charge in [-0.1, -0.05) is 23.8 Å². The van der Waals surface area contributed by atoms with Gasteiger partial charge in [-0.15, -0.1) is 0 Å². The molecule has 174 valence electrons. The molecule has 0 fully saturated rings. The molecule has 3 aromatic carbocycles. The average Bonchev–Trinajstić information content (AvgIpc) is 3.16. The number of oxazole rings is 1. The predicted octanol–water partition coefficient (Wildman–Crippen LogP) is 5.80. The molecule has 1 amide bonds. The van der Waals surface area contributed by atoms with E-state index >= 15 is 0 Å². The molecule has 0 aliphatic heterocycles. The lowest BCUT2D eigenvalue weighted by Gasteiger charge is -2.08. The average molecular weight is 475 g/mol. The van der Waals surface area contributed by atoms with Gasteiger partial charge in [0.15, 0.2) is 9.84 Å². The Kier molecular flexibility index (Phi) is 6.39. The molecule has 0 atom stereocenters. The topological polar surface area (TPSA) is 89.3 Å². The first-order valence-electron chi connectivity index (χ1n) is 10.9. The number of aromatic nitrogens is 1. The van der Waals surface area contributed by atoms with E-state index in [2.05, 4.69) is 10.3 Å². The van der Waals surface area contributed by atoms with Gasteiger partial charge in [0.25, 0.3) is 5.91 Å². The number of nitrogens with zero attached hydrogens (tertiary/aromatic N) is 1. The van der Waals surface area contributed by atoms with E-state index < -0.39 is 9.84 Å². The van der Waals surface area contributed by atoms with Crippen molar-refractivity contribution in [3.8, 4) is 11.5 Å². The van der Waals surface area contributed by atoms with Crippen LogP contribution in [-0.4, -0.2) is 19.3 Å². The van der Waals surface area contributed by atoms with E-state index in [9.17, 15) is 13.2 Å². The van der Waals surface area contributed by atoms with E-state index in [0.717, 1.165) is 22.4 Å². The van der Waals surface area contributed by atoms with Gasteiger partial charge < -0.3 is 9.73 Å². The Morgan fingerprint density at radius 1 is 0.882 bits per heavy atom. The van der Waals surface area contributed by atoms with Crippen molar-refractivity contribution < 1.29 is 17.6 Å². The number of nitrogens with one attached hydrogen (secondary N) is 1. The Hall–Kier alpha value is -3.71. The Labute approximate surface area is 199 Å². The molecular weight excluding hydrogens is 448 g/mol. The van der Waals surface area contributed by atoms with Gasteiger partial charge >= 0.3 is 0 Å². The largest absolute Gasteiger partial charge is 0.441 e. The summed E-state index contributed by atoms with van der Waals surface area (Å²) >= 11 is 0. The normalized spacial score (nSPS) is 11.4. The molecule has 1 heterocycles. The third kappa shape index (κ3) is 5.10. The number of carbonyl (C=O) groups is 1. The van der Waals surface area contributed by atoms with Crippen LogP contribution in [-0.2, 0) is 15.6 Å². The van der Waals surface area contributed by atoms with Gasteiger partial charge in [0.2, 0.25) is 5.89 Å². The number of hydrogen-bond acceptors (Lipinski definition) is 5. The van der Waals surface area contributed by atoms with Crippen LogP contribution < -0.4 is 5.32 Å². The van der Waals surface area contributed by atoms with Gasteiger partial charge in [0, 0.05) is 16.8 Å². The Balaban J connectivity index is 1.50. The summed E-state index contributed by atoms with van der Waals surface area (Å²) < 4.78 is 31.3. The predicted molar refractivity (Wildman–Crippen MR) is 133 cm³/mol. The number of benzene rings is 3. The van der Waals surface area contributed by atoms with Gasteiger partial charge in [-0.05, 0) is 87.4 Å². The molecule has 4 aromatic rings. The van der Waals surface area contributed by atoms with Crippen LogP contribution in [0.25, 0.3) is 11.5 Å². The summed E-state index contributed by atoms with van der Waals surface area (Å²) in [6.45, 7) is 7.62. The number of anilines is 1. The third-order valence-corrected chi connectivity index (χ3v) is 7.40. The standard InChI is InChI=1S/C27H26N2O4S/c1-17-5-13-24(14-6-17)34(31,32)16-25-20(4)33-27(29-25)22-10-8-21(9-11-22)26(30)28-23-12-7-18(2)19(3)15-23/h5-15H,16H2,1-4H3,(H,28,30). The monoisotopic (exact) mass is 474 g/mol. The third-order valence-electron chi connectivity index (χ3n) is 5.76. The first-order valence-corrected chi connectivity index (χ1v) is 12.5. The fourth-order valence-corrected chi connectivity index (χ4v) is 4.83. The van der Waals surface area contributed by atoms with Crippen LogP contribution in [0.15, 0.2) is 76.0 Å². The molecule has 1 aromatic heterocycles. The molecule has 34 heavy (non-hydrogen) atoms. The fraction of sp³-hybridized carbons (Fsp3) is 0.185. The molecule has 6 nitrogen and oxygen atoms in total. The second-order valence-corrected chi connectivity index (χ2v) is 10.4. The van der Waals surface area contributed by atoms with Crippen molar-refractivity contribution in [1.29, 1.82) is 0 Å². The van der Waals surface area contributed by atoms with E-state index in [4.69, 9.17) is 4.42 Å². The molecule has 0 unspecified atom stereocenters. The lowest BCUT2D eigenvalue weighted by atomic mass is 10.1. The summed E-state index contributed by atoms with van der Waals surface area (Å²) in [5.41, 5.74) is 5.51. The van der Waals surface area contributed by atoms with Crippen molar-refractivity contribution in [2.75, 3.05) is 5.32 Å². The fourth-order valence-electron chi connectivity index (χ4n) is 3.48. The second-order valence-electron chi connectivity index (χ2n) is 8.42. The van der Waals surface area contributed by atoms with Crippen molar-refractivity contribution in [3.05, 3.63) is 100 Å². The molecule has 0 saturated carbocycles. The van der Waals surface area contributed by atoms with Crippen molar-refractivity contribution >= 4 is 21.4 Å². The van der Waals surface area contributed by atoms with Crippen LogP contribution in [0.5, 0.6) is 0 Å². The maximum Gasteiger partial charge on any atom is 0.255 e. The SMILES string of the molecule is Cc1ccc(S(=O)(=O)Cc2nc(-c3ccc(C(=O)Nc4ccc(C)c(C)c4)cc3)oc2C)cc1. The van der Waals surface area contributed by atoms with E-state index in [1.807, 2.05) is 39.0 Å². The first kappa shape index (κ1) is 23.4. The molecule has 4 rings (SSSR count). The van der Waals surface area contributed by atoms with E-state index in [1.165, 1.54) is 0 Å². The molecule has 0 aliphatic rings. The summed E-state index contributed by atoms with van der Waals surface area (Å²) in [5, 5.41) is 2.90. The number of amides is 1. The summed E-state index contributed by atoms with van der Waals surface area (Å²) in [6, 6.07) is 19.4. The highest BCUT2D eigenvalue weighted by Crippen LogP contribution is 2.25. The maximum atomic E-state index is 12.8. The van der Waals surface area contributed by atoms with Gasteiger partial charge in [-0.25, -0.2) is 13.4 Å². The van der Waals surface area contributed by atoms with Crippen molar-refractivity contribution in [2.45, 2.75) is 38.3 Å². The Morgan fingerprint density at radius 3 is 2.21 bits per heavy atom. The molecule has 0 spiro atoms. The molecular formula is C27H26N2O4S. The Bertz CT molecular complexity index is 1450. The highest BCUT2D eigenvalue weighted by Gasteiger charge is 2.21. The number of carbonyl (C=O) groups excluding carboxylic acids is 1. The van der Waals surface area contributed by atoms with Crippen molar-refractivity contribution in [1.82, 2.24) is 4.98 Å². The van der Waals surface area contributed by atoms with Gasteiger partial charge in [-0.3, -0.25) is 4.79 Å². The summed E-state index contributed by atoms with van der Waals surface area (Å²) in [4.78, 5) is 17.3. The van der Waals surface area contributed by atoms with E-state index in [-0.39, 0.29) is 16.6 Å². The molecule has 0 radical (unpaired) electrons. The lowest BCUT2D eigenvalue weighted by molar-refractivity contribution is 0.102. The summed E-state index contributed by atoms with van der Waals surface area (Å²) in [5.74, 6) is 0.292. The number of aryl methyl sites for hydroxylation is 4. The van der Waals surface area contributed by atoms with Gasteiger partial charge in [0.05, 0.1) is 10.6 Å². The van der Waals surface area contributed by atoms with E-state index in [1.54, 1.807) is 55.5 Å². The molecule has 0 aliphatic carbocycles. The minimum atomic E-state index is -3.55. The molecule has 1 N–H and O–H groups in total. The Morgan fingerprint density at radius 2 is 1.56 bits per heavy atom. The first-order chi connectivity index (χ1) is 16.1. The second kappa shape index (κ2) is 9.27. The van der Waals surface area contributed by atoms with Crippen LogP contribution in [0, 0.1) is 27.7 Å². The number of hydrogen-bond donors (Lipinski definition) is 1. The lowest BCUT2D eigenvalue weighted by Crippen LogP contribution is -2.11. The van der Waals surface area contributed by atoms with Gasteiger partial charge in [0.1, 0.15) is 11.5 Å². The minimum absolute atomic E-state index is 0.219. The zero-order valence-corrected chi connectivity index (χ0v) is 20.4. The minimum Gasteiger partial charge on any atom is -0.441 e. The van der Waals surface area contributed by atoms with Crippen molar-refractivity contribution in [2.24, 2.45) is 0 Å². The quantitative estimate of drug-likeness (QED) is 0.381. The zero-order chi connectivity index (χ0) is 24.5. The highest BCUT2D eigenvalue weighted by molar-refractivity contribution is 7.90. The summed E-state index contributed by atoms with van der Waals surface area (Å²) in [7, 11) is -3.55. The van der Waals surface area contributed by atoms with Crippen LogP contribution in [0.4, 0.5) is 5.69 Å². The molecule has 7 heteroatoms. The highest BCUT2D eigenvalue weighted by atomic mass is 32.2. The van der Waals surface area contributed by atoms with Crippen LogP contribution in [0.3, 0.4) is 0 Å². The maximum absolute atomic E-state index is 12.8. The number of sulfone groups is 1. The van der Waals surface area contributed by atoms with Crippen LogP contribution in [0.2, 0.25) is 0 Å². The van der Waals surface area contributed by atoms with Crippen LogP contribution >= 0.6 is 0 Å². The molecule has 0 saturated heterocycles. The summed E-state index contributed by atoms with van der Waals surface area (Å²) in [6.07, 6.45) is 0. The zero-order valence-electron chi connectivity index (χ0n) is 19.5. The number of rotatable bonds is 6. The van der Waals surface area contributed by atoms with E-state index in [0.29, 0.717) is 28.5 Å². The van der Waals surface area contributed by atoms with Crippen LogP contribution in [0.1, 0.15) is 38.5 Å². The van der Waals surface area contributed by atoms with Crippen molar-refractivity contribution in [3.63, 3.8) is 0 Å².